The minimum Gasteiger partial charge on any atom is -0.444 e. The third kappa shape index (κ3) is 2.67. The Morgan fingerprint density at radius 3 is 2.12 bits per heavy atom. The molecular weight excluding hydrogens is 206 g/mol. The summed E-state index contributed by atoms with van der Waals surface area (Å²) in [5, 5.41) is 10.2. The van der Waals surface area contributed by atoms with Gasteiger partial charge in [-0.05, 0) is 47.0 Å². The number of rotatable bonds is 4. The average molecular weight is 229 g/mol. The summed E-state index contributed by atoms with van der Waals surface area (Å²) >= 11 is 0. The molecule has 0 aliphatic heterocycles. The largest absolute Gasteiger partial charge is 0.444 e. The van der Waals surface area contributed by atoms with Crippen molar-refractivity contribution >= 4 is 6.09 Å². The van der Waals surface area contributed by atoms with Crippen molar-refractivity contribution in [1.29, 1.82) is 0 Å². The highest BCUT2D eigenvalue weighted by molar-refractivity contribution is 5.65. The smallest absolute Gasteiger partial charge is 0.405 e. The van der Waals surface area contributed by atoms with Crippen LogP contribution < -0.4 is 5.73 Å². The van der Waals surface area contributed by atoms with Crippen LogP contribution in [0.5, 0.6) is 0 Å². The Morgan fingerprint density at radius 2 is 1.88 bits per heavy atom. The minimum atomic E-state index is -0.754. The van der Waals surface area contributed by atoms with Crippen LogP contribution in [0.25, 0.3) is 0 Å². The molecule has 1 aliphatic rings. The van der Waals surface area contributed by atoms with Gasteiger partial charge in [0.15, 0.2) is 0 Å². The van der Waals surface area contributed by atoms with Gasteiger partial charge < -0.3 is 15.6 Å². The van der Waals surface area contributed by atoms with E-state index in [1.54, 1.807) is 0 Å². The first-order chi connectivity index (χ1) is 7.08. The van der Waals surface area contributed by atoms with Gasteiger partial charge in [0, 0.05) is 5.41 Å². The van der Waals surface area contributed by atoms with Gasteiger partial charge in [-0.1, -0.05) is 6.42 Å². The molecule has 0 heterocycles. The summed E-state index contributed by atoms with van der Waals surface area (Å²) in [5.41, 5.74) is 3.53. The normalized spacial score (nSPS) is 20.1. The molecule has 0 unspecified atom stereocenters. The van der Waals surface area contributed by atoms with Crippen LogP contribution in [-0.4, -0.2) is 22.4 Å². The molecule has 0 atom stereocenters. The molecule has 3 N–H and O–H groups in total. The van der Waals surface area contributed by atoms with Gasteiger partial charge in [-0.15, -0.1) is 0 Å². The van der Waals surface area contributed by atoms with Gasteiger partial charge in [0.05, 0.1) is 5.60 Å². The van der Waals surface area contributed by atoms with Gasteiger partial charge >= 0.3 is 6.09 Å². The lowest BCUT2D eigenvalue weighted by molar-refractivity contribution is -0.139. The van der Waals surface area contributed by atoms with Crippen LogP contribution in [0.4, 0.5) is 4.79 Å². The first-order valence-electron chi connectivity index (χ1n) is 5.79. The molecule has 0 saturated heterocycles. The fourth-order valence-corrected chi connectivity index (χ4v) is 2.73. The minimum absolute atomic E-state index is 0.147. The molecule has 1 saturated carbocycles. The second-order valence-corrected chi connectivity index (χ2v) is 6.05. The van der Waals surface area contributed by atoms with E-state index in [9.17, 15) is 9.90 Å². The molecule has 0 aromatic carbocycles. The fourth-order valence-electron chi connectivity index (χ4n) is 2.73. The van der Waals surface area contributed by atoms with Crippen LogP contribution in [-0.2, 0) is 4.74 Å². The molecule has 16 heavy (non-hydrogen) atoms. The lowest BCUT2D eigenvalue weighted by Gasteiger charge is -2.53. The second kappa shape index (κ2) is 3.91. The van der Waals surface area contributed by atoms with Crippen molar-refractivity contribution in [2.24, 2.45) is 11.1 Å². The van der Waals surface area contributed by atoms with Gasteiger partial charge in [0.2, 0.25) is 0 Å². The van der Waals surface area contributed by atoms with Crippen LogP contribution in [0.15, 0.2) is 0 Å². The predicted molar refractivity (Wildman–Crippen MR) is 61.9 cm³/mol. The van der Waals surface area contributed by atoms with Gasteiger partial charge in [-0.25, -0.2) is 4.79 Å². The van der Waals surface area contributed by atoms with Crippen LogP contribution in [0, 0.1) is 5.41 Å². The van der Waals surface area contributed by atoms with Gasteiger partial charge in [-0.3, -0.25) is 0 Å². The maximum Gasteiger partial charge on any atom is 0.405 e. The van der Waals surface area contributed by atoms with Crippen molar-refractivity contribution in [2.45, 2.75) is 64.6 Å². The van der Waals surface area contributed by atoms with Crippen molar-refractivity contribution in [3.8, 4) is 0 Å². The molecule has 4 nitrogen and oxygen atoms in total. The van der Waals surface area contributed by atoms with E-state index in [-0.39, 0.29) is 5.41 Å². The monoisotopic (exact) mass is 229 g/mol. The molecule has 0 spiro atoms. The van der Waals surface area contributed by atoms with Crippen LogP contribution in [0.3, 0.4) is 0 Å². The highest BCUT2D eigenvalue weighted by atomic mass is 16.6. The first-order valence-corrected chi connectivity index (χ1v) is 5.79. The van der Waals surface area contributed by atoms with Crippen LogP contribution >= 0.6 is 0 Å². The Morgan fingerprint density at radius 1 is 1.38 bits per heavy atom. The molecule has 0 radical (unpaired) electrons. The summed E-state index contributed by atoms with van der Waals surface area (Å²) < 4.78 is 5.09. The average Bonchev–Trinajstić information content (AvgIpc) is 1.91. The van der Waals surface area contributed by atoms with E-state index in [1.165, 1.54) is 0 Å². The number of nitrogens with two attached hydrogens (primary N) is 1. The lowest BCUT2D eigenvalue weighted by atomic mass is 9.56. The summed E-state index contributed by atoms with van der Waals surface area (Å²) in [4.78, 5) is 10.8. The van der Waals surface area contributed by atoms with E-state index in [4.69, 9.17) is 10.5 Å². The number of carbonyl (C=O) groups is 1. The van der Waals surface area contributed by atoms with Crippen molar-refractivity contribution in [3.63, 3.8) is 0 Å². The number of carbonyl (C=O) groups excluding carboxylic acids is 1. The number of amides is 1. The molecule has 0 bridgehead atoms. The van der Waals surface area contributed by atoms with Crippen molar-refractivity contribution in [1.82, 2.24) is 0 Å². The Balaban J connectivity index is 2.74. The third-order valence-electron chi connectivity index (χ3n) is 3.75. The van der Waals surface area contributed by atoms with Gasteiger partial charge in [0.25, 0.3) is 0 Å². The van der Waals surface area contributed by atoms with Gasteiger partial charge in [0.1, 0.15) is 5.60 Å². The predicted octanol–water partition coefficient (Wildman–Crippen LogP) is 2.19. The molecule has 1 fully saturated rings. The summed E-state index contributed by atoms with van der Waals surface area (Å²) in [5.74, 6) is 0. The molecule has 1 amide bonds. The summed E-state index contributed by atoms with van der Waals surface area (Å²) in [7, 11) is 0. The highest BCUT2D eigenvalue weighted by Crippen LogP contribution is 2.54. The molecule has 94 valence electrons. The number of hydrogen-bond donors (Lipinski definition) is 2. The highest BCUT2D eigenvalue weighted by Gasteiger charge is 2.51. The van der Waals surface area contributed by atoms with E-state index < -0.39 is 17.3 Å². The zero-order valence-corrected chi connectivity index (χ0v) is 10.7. The van der Waals surface area contributed by atoms with Crippen LogP contribution in [0.2, 0.25) is 0 Å². The quantitative estimate of drug-likeness (QED) is 0.776. The Kier molecular flexibility index (Phi) is 3.25. The van der Waals surface area contributed by atoms with Crippen molar-refractivity contribution in [3.05, 3.63) is 0 Å². The van der Waals surface area contributed by atoms with E-state index in [0.29, 0.717) is 6.42 Å². The maximum absolute atomic E-state index is 10.8. The lowest BCUT2D eigenvalue weighted by Crippen LogP contribution is -2.53. The SMILES string of the molecule is CC(C)(CC1(C(C)(C)O)CCC1)OC(N)=O. The Bertz CT molecular complexity index is 274. The zero-order chi connectivity index (χ0) is 12.6. The number of ether oxygens (including phenoxy) is 1. The fraction of sp³-hybridized carbons (Fsp3) is 0.917. The topological polar surface area (TPSA) is 72.6 Å². The van der Waals surface area contributed by atoms with Gasteiger partial charge in [-0.2, -0.15) is 0 Å². The number of hydrogen-bond acceptors (Lipinski definition) is 3. The second-order valence-electron chi connectivity index (χ2n) is 6.05. The van der Waals surface area contributed by atoms with E-state index >= 15 is 0 Å². The maximum atomic E-state index is 10.8. The summed E-state index contributed by atoms with van der Waals surface area (Å²) in [6.07, 6.45) is 2.96. The van der Waals surface area contributed by atoms with E-state index in [0.717, 1.165) is 19.3 Å². The molecule has 0 aromatic rings. The molecule has 1 aliphatic carbocycles. The Labute approximate surface area is 97.2 Å². The standard InChI is InChI=1S/C12H23NO3/c1-10(2,16-9(13)14)8-12(6-5-7-12)11(3,4)15/h15H,5-8H2,1-4H3,(H2,13,14). The molecule has 1 rings (SSSR count). The molecule has 4 heteroatoms. The molecule has 0 aromatic heterocycles. The summed E-state index contributed by atoms with van der Waals surface area (Å²) in [6, 6.07) is 0. The molecular formula is C12H23NO3. The van der Waals surface area contributed by atoms with Crippen LogP contribution in [0.1, 0.15) is 53.4 Å². The van der Waals surface area contributed by atoms with E-state index in [1.807, 2.05) is 27.7 Å². The zero-order valence-electron chi connectivity index (χ0n) is 10.7. The number of aliphatic hydroxyl groups is 1. The first kappa shape index (κ1) is 13.3. The third-order valence-corrected chi connectivity index (χ3v) is 3.75. The van der Waals surface area contributed by atoms with E-state index in [2.05, 4.69) is 0 Å². The number of primary amides is 1. The Hall–Kier alpha value is -0.770. The summed E-state index contributed by atoms with van der Waals surface area (Å²) in [6.45, 7) is 7.33. The van der Waals surface area contributed by atoms with Crippen molar-refractivity contribution < 1.29 is 14.6 Å². The van der Waals surface area contributed by atoms with Crippen molar-refractivity contribution in [2.75, 3.05) is 0 Å².